The molecule has 24 heavy (non-hydrogen) atoms. The minimum Gasteiger partial charge on any atom is -0.464 e. The monoisotopic (exact) mass is 358 g/mol. The van der Waals surface area contributed by atoms with Gasteiger partial charge in [0.15, 0.2) is 0 Å². The summed E-state index contributed by atoms with van der Waals surface area (Å²) >= 11 is 0. The molecule has 0 spiro atoms. The molecule has 0 bridgehead atoms. The Morgan fingerprint density at radius 2 is 1.62 bits per heavy atom. The molecule has 0 aliphatic rings. The van der Waals surface area contributed by atoms with Gasteiger partial charge in [-0.15, -0.1) is 12.4 Å². The summed E-state index contributed by atoms with van der Waals surface area (Å²) in [5, 5.41) is 2.35. The summed E-state index contributed by atoms with van der Waals surface area (Å²) in [6.07, 6.45) is 0.487. The Labute approximate surface area is 147 Å². The molecule has 1 aromatic rings. The van der Waals surface area contributed by atoms with E-state index >= 15 is 0 Å². The third-order valence-corrected chi connectivity index (χ3v) is 3.03. The highest BCUT2D eigenvalue weighted by Crippen LogP contribution is 2.12. The van der Waals surface area contributed by atoms with E-state index in [9.17, 15) is 14.4 Å². The van der Waals surface area contributed by atoms with Crippen molar-refractivity contribution in [1.82, 2.24) is 5.32 Å². The van der Waals surface area contributed by atoms with Crippen LogP contribution in [0, 0.1) is 0 Å². The number of nitrogens with two attached hydrogens (primary N) is 1. The number of esters is 2. The molecule has 0 radical (unpaired) electrons. The van der Waals surface area contributed by atoms with E-state index < -0.39 is 23.9 Å². The lowest BCUT2D eigenvalue weighted by atomic mass is 10.1. The first kappa shape index (κ1) is 21.7. The number of halogens is 1. The maximum atomic E-state index is 12.0. The number of carbonyl (C=O) groups excluding carboxylic acids is 3. The molecule has 0 atom stereocenters. The summed E-state index contributed by atoms with van der Waals surface area (Å²) in [4.78, 5) is 35.5. The Morgan fingerprint density at radius 1 is 1.08 bits per heavy atom. The van der Waals surface area contributed by atoms with Gasteiger partial charge in [-0.2, -0.15) is 0 Å². The summed E-state index contributed by atoms with van der Waals surface area (Å²) in [7, 11) is 0. The largest absolute Gasteiger partial charge is 0.464 e. The summed E-state index contributed by atoms with van der Waals surface area (Å²) in [5.41, 5.74) is 7.22. The number of rotatable bonds is 8. The van der Waals surface area contributed by atoms with Gasteiger partial charge in [-0.05, 0) is 31.9 Å². The number of ether oxygens (including phenoxy) is 2. The van der Waals surface area contributed by atoms with E-state index in [-0.39, 0.29) is 32.0 Å². The Balaban J connectivity index is 0.00000529. The van der Waals surface area contributed by atoms with E-state index in [2.05, 4.69) is 5.32 Å². The van der Waals surface area contributed by atoms with Gasteiger partial charge >= 0.3 is 11.9 Å². The molecule has 0 saturated heterocycles. The number of benzene rings is 1. The lowest BCUT2D eigenvalue weighted by Crippen LogP contribution is -2.48. The molecule has 134 valence electrons. The highest BCUT2D eigenvalue weighted by molar-refractivity contribution is 6.02. The molecule has 1 rings (SSSR count). The molecule has 0 aliphatic carbocycles. The number of carbonyl (C=O) groups is 3. The Hall–Kier alpha value is -2.28. The van der Waals surface area contributed by atoms with Crippen LogP contribution in [0.3, 0.4) is 0 Å². The third kappa shape index (κ3) is 6.87. The minimum absolute atomic E-state index is 0. The quantitative estimate of drug-likeness (QED) is 0.411. The van der Waals surface area contributed by atoms with Crippen molar-refractivity contribution >= 4 is 35.9 Å². The molecule has 3 N–H and O–H groups in total. The fourth-order valence-electron chi connectivity index (χ4n) is 1.91. The molecule has 0 heterocycles. The van der Waals surface area contributed by atoms with Gasteiger partial charge in [0.25, 0.3) is 0 Å². The van der Waals surface area contributed by atoms with Crippen LogP contribution in [0.4, 0.5) is 5.69 Å². The van der Waals surface area contributed by atoms with Gasteiger partial charge in [0, 0.05) is 12.1 Å². The zero-order valence-corrected chi connectivity index (χ0v) is 14.6. The zero-order valence-electron chi connectivity index (χ0n) is 13.7. The van der Waals surface area contributed by atoms with Crippen LogP contribution in [-0.2, 0) is 30.3 Å². The first-order valence-electron chi connectivity index (χ1n) is 7.45. The second kappa shape index (κ2) is 11.3. The van der Waals surface area contributed by atoms with Gasteiger partial charge in [0.2, 0.25) is 11.9 Å². The summed E-state index contributed by atoms with van der Waals surface area (Å²) in [6.45, 7) is 3.43. The van der Waals surface area contributed by atoms with Crippen LogP contribution in [-0.4, -0.2) is 37.1 Å². The third-order valence-electron chi connectivity index (χ3n) is 3.03. The van der Waals surface area contributed by atoms with E-state index in [1.807, 2.05) is 12.1 Å². The van der Waals surface area contributed by atoms with Crippen molar-refractivity contribution < 1.29 is 23.9 Å². The predicted octanol–water partition coefficient (Wildman–Crippen LogP) is 1.23. The molecule has 1 amide bonds. The molecular weight excluding hydrogens is 336 g/mol. The molecule has 0 aromatic heterocycles. The number of hydrogen-bond acceptors (Lipinski definition) is 6. The predicted molar refractivity (Wildman–Crippen MR) is 91.6 cm³/mol. The van der Waals surface area contributed by atoms with Gasteiger partial charge < -0.3 is 20.5 Å². The van der Waals surface area contributed by atoms with Gasteiger partial charge in [0.1, 0.15) is 0 Å². The molecule has 0 fully saturated rings. The second-order valence-corrected chi connectivity index (χ2v) is 4.70. The van der Waals surface area contributed by atoms with E-state index in [0.717, 1.165) is 5.56 Å². The zero-order chi connectivity index (χ0) is 17.2. The number of nitrogens with one attached hydrogen (secondary N) is 1. The molecule has 0 saturated carbocycles. The highest BCUT2D eigenvalue weighted by atomic mass is 35.5. The van der Waals surface area contributed by atoms with Gasteiger partial charge in [-0.25, -0.2) is 9.59 Å². The summed E-state index contributed by atoms with van der Waals surface area (Å²) in [5.74, 6) is -2.13. The normalized spacial score (nSPS) is 9.79. The van der Waals surface area contributed by atoms with Gasteiger partial charge in [-0.3, -0.25) is 4.79 Å². The average molecular weight is 359 g/mol. The number of para-hydroxylation sites is 1. The van der Waals surface area contributed by atoms with Crippen LogP contribution in [0.5, 0.6) is 0 Å². The van der Waals surface area contributed by atoms with Crippen molar-refractivity contribution in [1.29, 1.82) is 0 Å². The molecule has 1 aromatic carbocycles. The van der Waals surface area contributed by atoms with Gasteiger partial charge in [-0.1, -0.05) is 18.2 Å². The topological polar surface area (TPSA) is 108 Å². The standard InChI is InChI=1S/C16H22N2O5.ClH/c1-3-22-15(20)14(16(21)23-4-2)18-13(19)10-9-11-7-5-6-8-12(11)17;/h5-8,14H,3-4,9-10,17H2,1-2H3,(H,18,19);1H. The smallest absolute Gasteiger partial charge is 0.340 e. The van der Waals surface area contributed by atoms with E-state index in [1.165, 1.54) is 0 Å². The van der Waals surface area contributed by atoms with Crippen LogP contribution < -0.4 is 11.1 Å². The molecule has 0 aliphatic heterocycles. The maximum absolute atomic E-state index is 12.0. The minimum atomic E-state index is -1.45. The summed E-state index contributed by atoms with van der Waals surface area (Å²) < 4.78 is 9.56. The van der Waals surface area contributed by atoms with Crippen LogP contribution in [0.25, 0.3) is 0 Å². The summed E-state index contributed by atoms with van der Waals surface area (Å²) in [6, 6.07) is 5.74. The molecule has 7 nitrogen and oxygen atoms in total. The van der Waals surface area contributed by atoms with Crippen LogP contribution in [0.1, 0.15) is 25.8 Å². The lowest BCUT2D eigenvalue weighted by Gasteiger charge is -2.16. The Bertz CT molecular complexity index is 547. The first-order valence-corrected chi connectivity index (χ1v) is 7.45. The fourth-order valence-corrected chi connectivity index (χ4v) is 1.91. The van der Waals surface area contributed by atoms with Crippen molar-refractivity contribution in [2.24, 2.45) is 0 Å². The Morgan fingerprint density at radius 3 is 2.12 bits per heavy atom. The number of anilines is 1. The van der Waals surface area contributed by atoms with Crippen molar-refractivity contribution in [2.75, 3.05) is 18.9 Å². The van der Waals surface area contributed by atoms with Crippen molar-refractivity contribution in [2.45, 2.75) is 32.7 Å². The van der Waals surface area contributed by atoms with E-state index in [0.29, 0.717) is 12.1 Å². The van der Waals surface area contributed by atoms with Crippen LogP contribution in [0.15, 0.2) is 24.3 Å². The highest BCUT2D eigenvalue weighted by Gasteiger charge is 2.31. The van der Waals surface area contributed by atoms with Crippen LogP contribution in [0.2, 0.25) is 0 Å². The second-order valence-electron chi connectivity index (χ2n) is 4.70. The average Bonchev–Trinajstić information content (AvgIpc) is 2.52. The van der Waals surface area contributed by atoms with Crippen LogP contribution >= 0.6 is 12.4 Å². The van der Waals surface area contributed by atoms with E-state index in [1.54, 1.807) is 26.0 Å². The maximum Gasteiger partial charge on any atom is 0.340 e. The number of hydrogen-bond donors (Lipinski definition) is 2. The molecular formula is C16H23ClN2O5. The molecule has 0 unspecified atom stereocenters. The first-order chi connectivity index (χ1) is 11.0. The van der Waals surface area contributed by atoms with Crippen molar-refractivity contribution in [3.05, 3.63) is 29.8 Å². The SMILES string of the molecule is CCOC(=O)C(NC(=O)CCc1ccccc1N)C(=O)OCC.Cl. The van der Waals surface area contributed by atoms with Crippen molar-refractivity contribution in [3.63, 3.8) is 0 Å². The number of aryl methyl sites for hydroxylation is 1. The number of nitrogen functional groups attached to an aromatic ring is 1. The lowest BCUT2D eigenvalue weighted by molar-refractivity contribution is -0.159. The van der Waals surface area contributed by atoms with Crippen molar-refractivity contribution in [3.8, 4) is 0 Å². The fraction of sp³-hybridized carbons (Fsp3) is 0.438. The Kier molecular flexibility index (Phi) is 10.2. The van der Waals surface area contributed by atoms with E-state index in [4.69, 9.17) is 15.2 Å². The van der Waals surface area contributed by atoms with Gasteiger partial charge in [0.05, 0.1) is 13.2 Å². The number of amides is 1. The molecule has 8 heteroatoms.